The number of imide groups is 1. The fourth-order valence-electron chi connectivity index (χ4n) is 2.36. The predicted molar refractivity (Wildman–Crippen MR) is 81.6 cm³/mol. The molecule has 2 aromatic rings. The van der Waals surface area contributed by atoms with Crippen molar-refractivity contribution in [2.45, 2.75) is 6.92 Å². The van der Waals surface area contributed by atoms with Crippen molar-refractivity contribution in [2.75, 3.05) is 11.9 Å². The highest BCUT2D eigenvalue weighted by Crippen LogP contribution is 2.22. The van der Waals surface area contributed by atoms with E-state index in [0.717, 1.165) is 10.5 Å². The van der Waals surface area contributed by atoms with Crippen LogP contribution in [0.25, 0.3) is 0 Å². The van der Waals surface area contributed by atoms with Gasteiger partial charge < -0.3 is 5.32 Å². The zero-order valence-electron chi connectivity index (χ0n) is 12.0. The molecule has 3 amide bonds. The molecule has 0 saturated heterocycles. The summed E-state index contributed by atoms with van der Waals surface area (Å²) in [5.74, 6) is -1.27. The molecule has 22 heavy (non-hydrogen) atoms. The molecular weight excluding hydrogens is 280 g/mol. The summed E-state index contributed by atoms with van der Waals surface area (Å²) in [7, 11) is 0. The van der Waals surface area contributed by atoms with E-state index in [0.29, 0.717) is 16.8 Å². The molecule has 0 radical (unpaired) electrons. The monoisotopic (exact) mass is 294 g/mol. The van der Waals surface area contributed by atoms with E-state index in [4.69, 9.17) is 0 Å². The zero-order chi connectivity index (χ0) is 15.7. The molecule has 0 atom stereocenters. The average Bonchev–Trinajstić information content (AvgIpc) is 2.75. The third kappa shape index (κ3) is 2.48. The predicted octanol–water partition coefficient (Wildman–Crippen LogP) is 2.23. The molecule has 0 aliphatic carbocycles. The van der Waals surface area contributed by atoms with Crippen LogP contribution in [0, 0.1) is 6.92 Å². The summed E-state index contributed by atoms with van der Waals surface area (Å²) in [6, 6.07) is 13.9. The Kier molecular flexibility index (Phi) is 3.47. The molecule has 1 aliphatic heterocycles. The summed E-state index contributed by atoms with van der Waals surface area (Å²) in [5.41, 5.74) is 2.40. The van der Waals surface area contributed by atoms with Gasteiger partial charge in [-0.2, -0.15) is 0 Å². The SMILES string of the molecule is Cc1ccc(NC(=O)CN2C(=O)c3ccccc3C2=O)cc1. The van der Waals surface area contributed by atoms with E-state index in [1.807, 2.05) is 19.1 Å². The Hall–Kier alpha value is -2.95. The van der Waals surface area contributed by atoms with Gasteiger partial charge in [-0.25, -0.2) is 0 Å². The van der Waals surface area contributed by atoms with Gasteiger partial charge in [-0.3, -0.25) is 19.3 Å². The Bertz CT molecular complexity index is 731. The van der Waals surface area contributed by atoms with E-state index in [1.54, 1.807) is 36.4 Å². The number of fused-ring (bicyclic) bond motifs is 1. The molecule has 1 aliphatic rings. The number of rotatable bonds is 3. The van der Waals surface area contributed by atoms with Crippen molar-refractivity contribution in [1.82, 2.24) is 4.90 Å². The first-order valence-electron chi connectivity index (χ1n) is 6.88. The first-order valence-corrected chi connectivity index (χ1v) is 6.88. The lowest BCUT2D eigenvalue weighted by atomic mass is 10.1. The van der Waals surface area contributed by atoms with Gasteiger partial charge in [0.15, 0.2) is 0 Å². The van der Waals surface area contributed by atoms with Crippen LogP contribution in [0.2, 0.25) is 0 Å². The van der Waals surface area contributed by atoms with E-state index in [1.165, 1.54) is 0 Å². The molecule has 0 bridgehead atoms. The van der Waals surface area contributed by atoms with Gasteiger partial charge in [0.1, 0.15) is 6.54 Å². The lowest BCUT2D eigenvalue weighted by molar-refractivity contribution is -0.116. The van der Waals surface area contributed by atoms with Crippen LogP contribution in [0.15, 0.2) is 48.5 Å². The van der Waals surface area contributed by atoms with Gasteiger partial charge >= 0.3 is 0 Å². The van der Waals surface area contributed by atoms with Crippen LogP contribution in [-0.2, 0) is 4.79 Å². The molecule has 0 saturated carbocycles. The highest BCUT2D eigenvalue weighted by molar-refractivity contribution is 6.22. The Morgan fingerprint density at radius 2 is 1.50 bits per heavy atom. The van der Waals surface area contributed by atoms with Gasteiger partial charge in [-0.1, -0.05) is 29.8 Å². The Labute approximate surface area is 127 Å². The van der Waals surface area contributed by atoms with Crippen LogP contribution in [-0.4, -0.2) is 29.2 Å². The van der Waals surface area contributed by atoms with Crippen molar-refractivity contribution in [3.05, 3.63) is 65.2 Å². The van der Waals surface area contributed by atoms with Gasteiger partial charge in [-0.05, 0) is 31.2 Å². The molecule has 3 rings (SSSR count). The van der Waals surface area contributed by atoms with E-state index in [-0.39, 0.29) is 6.54 Å². The van der Waals surface area contributed by atoms with Gasteiger partial charge in [0, 0.05) is 5.69 Å². The van der Waals surface area contributed by atoms with Gasteiger partial charge in [0.25, 0.3) is 11.8 Å². The summed E-state index contributed by atoms with van der Waals surface area (Å²) in [6.07, 6.45) is 0. The molecule has 5 heteroatoms. The Morgan fingerprint density at radius 3 is 2.05 bits per heavy atom. The van der Waals surface area contributed by atoms with E-state index in [9.17, 15) is 14.4 Å². The summed E-state index contributed by atoms with van der Waals surface area (Å²) in [5, 5.41) is 2.68. The maximum atomic E-state index is 12.2. The normalized spacial score (nSPS) is 13.2. The number of nitrogens with one attached hydrogen (secondary N) is 1. The van der Waals surface area contributed by atoms with Gasteiger partial charge in [0.2, 0.25) is 5.91 Å². The molecule has 110 valence electrons. The Balaban J connectivity index is 1.71. The van der Waals surface area contributed by atoms with Crippen molar-refractivity contribution >= 4 is 23.4 Å². The minimum atomic E-state index is -0.431. The number of carbonyl (C=O) groups is 3. The van der Waals surface area contributed by atoms with Crippen molar-refractivity contribution in [2.24, 2.45) is 0 Å². The van der Waals surface area contributed by atoms with Crippen LogP contribution < -0.4 is 5.32 Å². The highest BCUT2D eigenvalue weighted by atomic mass is 16.2. The highest BCUT2D eigenvalue weighted by Gasteiger charge is 2.36. The summed E-state index contributed by atoms with van der Waals surface area (Å²) < 4.78 is 0. The second-order valence-electron chi connectivity index (χ2n) is 5.16. The standard InChI is InChI=1S/C17H14N2O3/c1-11-6-8-12(9-7-11)18-15(20)10-19-16(21)13-4-2-3-5-14(13)17(19)22/h2-9H,10H2,1H3,(H,18,20). The number of amides is 3. The summed E-state index contributed by atoms with van der Waals surface area (Å²) in [4.78, 5) is 37.3. The molecule has 5 nitrogen and oxygen atoms in total. The molecule has 0 unspecified atom stereocenters. The number of anilines is 1. The lowest BCUT2D eigenvalue weighted by Crippen LogP contribution is -2.37. The van der Waals surface area contributed by atoms with Crippen LogP contribution in [0.1, 0.15) is 26.3 Å². The molecular formula is C17H14N2O3. The van der Waals surface area contributed by atoms with Gasteiger partial charge in [-0.15, -0.1) is 0 Å². The van der Waals surface area contributed by atoms with Crippen LogP contribution >= 0.6 is 0 Å². The van der Waals surface area contributed by atoms with Crippen LogP contribution in [0.5, 0.6) is 0 Å². The van der Waals surface area contributed by atoms with Gasteiger partial charge in [0.05, 0.1) is 11.1 Å². The number of aryl methyl sites for hydroxylation is 1. The second-order valence-corrected chi connectivity index (χ2v) is 5.16. The third-order valence-electron chi connectivity index (χ3n) is 3.52. The van der Waals surface area contributed by atoms with Crippen LogP contribution in [0.3, 0.4) is 0 Å². The second kappa shape index (κ2) is 5.44. The number of hydrogen-bond acceptors (Lipinski definition) is 3. The maximum absolute atomic E-state index is 12.2. The molecule has 0 fully saturated rings. The maximum Gasteiger partial charge on any atom is 0.262 e. The van der Waals surface area contributed by atoms with Crippen molar-refractivity contribution < 1.29 is 14.4 Å². The van der Waals surface area contributed by atoms with E-state index >= 15 is 0 Å². The summed E-state index contributed by atoms with van der Waals surface area (Å²) in [6.45, 7) is 1.66. The summed E-state index contributed by atoms with van der Waals surface area (Å²) >= 11 is 0. The molecule has 2 aromatic carbocycles. The van der Waals surface area contributed by atoms with Crippen molar-refractivity contribution in [3.63, 3.8) is 0 Å². The molecule has 0 aromatic heterocycles. The van der Waals surface area contributed by atoms with E-state index in [2.05, 4.69) is 5.32 Å². The number of benzene rings is 2. The number of carbonyl (C=O) groups excluding carboxylic acids is 3. The van der Waals surface area contributed by atoms with Crippen molar-refractivity contribution in [1.29, 1.82) is 0 Å². The fourth-order valence-corrected chi connectivity index (χ4v) is 2.36. The number of hydrogen-bond donors (Lipinski definition) is 1. The first kappa shape index (κ1) is 14.0. The molecule has 1 N–H and O–H groups in total. The first-order chi connectivity index (χ1) is 10.6. The quantitative estimate of drug-likeness (QED) is 0.883. The third-order valence-corrected chi connectivity index (χ3v) is 3.52. The largest absolute Gasteiger partial charge is 0.325 e. The lowest BCUT2D eigenvalue weighted by Gasteiger charge is -2.13. The fraction of sp³-hybridized carbons (Fsp3) is 0.118. The minimum Gasteiger partial charge on any atom is -0.325 e. The topological polar surface area (TPSA) is 66.5 Å². The number of nitrogens with zero attached hydrogens (tertiary/aromatic N) is 1. The molecule has 1 heterocycles. The van der Waals surface area contributed by atoms with E-state index < -0.39 is 17.7 Å². The molecule has 0 spiro atoms. The van der Waals surface area contributed by atoms with Crippen molar-refractivity contribution in [3.8, 4) is 0 Å². The smallest absolute Gasteiger partial charge is 0.262 e. The minimum absolute atomic E-state index is 0.291. The zero-order valence-corrected chi connectivity index (χ0v) is 12.0. The Morgan fingerprint density at radius 1 is 0.955 bits per heavy atom. The van der Waals surface area contributed by atoms with Crippen LogP contribution in [0.4, 0.5) is 5.69 Å². The average molecular weight is 294 g/mol.